The van der Waals surface area contributed by atoms with Crippen molar-refractivity contribution in [2.75, 3.05) is 0 Å². The van der Waals surface area contributed by atoms with Gasteiger partial charge in [-0.2, -0.15) is 5.10 Å². The van der Waals surface area contributed by atoms with E-state index in [1.54, 1.807) is 0 Å². The molecule has 0 radical (unpaired) electrons. The van der Waals surface area contributed by atoms with E-state index in [-0.39, 0.29) is 0 Å². The minimum atomic E-state index is 0.292. The van der Waals surface area contributed by atoms with Crippen LogP contribution in [0.5, 0.6) is 0 Å². The van der Waals surface area contributed by atoms with Crippen molar-refractivity contribution in [3.63, 3.8) is 0 Å². The van der Waals surface area contributed by atoms with Crippen LogP contribution in [0.25, 0.3) is 0 Å². The second-order valence-electron chi connectivity index (χ2n) is 5.15. The highest BCUT2D eigenvalue weighted by Gasteiger charge is 2.28. The van der Waals surface area contributed by atoms with Gasteiger partial charge in [0.25, 0.3) is 0 Å². The number of nitrogens with zero attached hydrogens (tertiary/aromatic N) is 2. The van der Waals surface area contributed by atoms with Gasteiger partial charge in [0.15, 0.2) is 5.82 Å². The molecule has 1 saturated carbocycles. The zero-order valence-electron chi connectivity index (χ0n) is 8.59. The predicted octanol–water partition coefficient (Wildman–Crippen LogP) is 2.27. The molecule has 1 aromatic heterocycles. The molecule has 1 aliphatic rings. The number of hydrogen-bond donors (Lipinski definition) is 1. The Bertz CT molecular complexity index is 291. The van der Waals surface area contributed by atoms with Gasteiger partial charge in [0.2, 0.25) is 0 Å². The monoisotopic (exact) mass is 179 g/mol. The van der Waals surface area contributed by atoms with Crippen molar-refractivity contribution >= 4 is 0 Å². The zero-order chi connectivity index (χ0) is 9.47. The SMILES string of the molecule is CC(C)(C)Cc1nc(C2CC2)n[nH]1. The number of hydrogen-bond acceptors (Lipinski definition) is 2. The van der Waals surface area contributed by atoms with Crippen LogP contribution in [0.2, 0.25) is 0 Å². The van der Waals surface area contributed by atoms with Crippen LogP contribution in [0, 0.1) is 5.41 Å². The number of rotatable bonds is 2. The van der Waals surface area contributed by atoms with E-state index in [4.69, 9.17) is 0 Å². The van der Waals surface area contributed by atoms with Crippen LogP contribution in [0.3, 0.4) is 0 Å². The molecule has 3 nitrogen and oxygen atoms in total. The standard InChI is InChI=1S/C10H17N3/c1-10(2,3)6-8-11-9(13-12-8)7-4-5-7/h7H,4-6H2,1-3H3,(H,11,12,13). The number of nitrogens with one attached hydrogen (secondary N) is 1. The smallest absolute Gasteiger partial charge is 0.153 e. The maximum absolute atomic E-state index is 4.49. The van der Waals surface area contributed by atoms with Crippen LogP contribution in [-0.4, -0.2) is 15.2 Å². The number of aromatic nitrogens is 3. The summed E-state index contributed by atoms with van der Waals surface area (Å²) in [5, 5.41) is 7.25. The van der Waals surface area contributed by atoms with E-state index in [0.717, 1.165) is 18.1 Å². The molecular formula is C10H17N3. The van der Waals surface area contributed by atoms with E-state index >= 15 is 0 Å². The topological polar surface area (TPSA) is 41.6 Å². The molecule has 0 atom stereocenters. The van der Waals surface area contributed by atoms with Crippen molar-refractivity contribution in [3.05, 3.63) is 11.6 Å². The van der Waals surface area contributed by atoms with Crippen LogP contribution in [0.4, 0.5) is 0 Å². The molecule has 0 bridgehead atoms. The van der Waals surface area contributed by atoms with Crippen LogP contribution in [0.1, 0.15) is 51.2 Å². The fraction of sp³-hybridized carbons (Fsp3) is 0.800. The van der Waals surface area contributed by atoms with Gasteiger partial charge in [-0.3, -0.25) is 5.10 Å². The zero-order valence-corrected chi connectivity index (χ0v) is 8.59. The van der Waals surface area contributed by atoms with Gasteiger partial charge in [-0.1, -0.05) is 20.8 Å². The lowest BCUT2D eigenvalue weighted by Crippen LogP contribution is -2.10. The molecular weight excluding hydrogens is 162 g/mol. The van der Waals surface area contributed by atoms with Crippen LogP contribution in [0.15, 0.2) is 0 Å². The van der Waals surface area contributed by atoms with E-state index in [0.29, 0.717) is 11.3 Å². The van der Waals surface area contributed by atoms with Gasteiger partial charge < -0.3 is 0 Å². The summed E-state index contributed by atoms with van der Waals surface area (Å²) in [6, 6.07) is 0. The summed E-state index contributed by atoms with van der Waals surface area (Å²) in [6.45, 7) is 6.64. The van der Waals surface area contributed by atoms with Gasteiger partial charge >= 0.3 is 0 Å². The largest absolute Gasteiger partial charge is 0.263 e. The molecule has 0 unspecified atom stereocenters. The molecule has 1 fully saturated rings. The fourth-order valence-corrected chi connectivity index (χ4v) is 1.42. The average Bonchev–Trinajstić information content (AvgIpc) is 2.72. The summed E-state index contributed by atoms with van der Waals surface area (Å²) >= 11 is 0. The molecule has 1 aliphatic carbocycles. The first-order valence-electron chi connectivity index (χ1n) is 4.96. The van der Waals surface area contributed by atoms with Crippen molar-refractivity contribution in [1.29, 1.82) is 0 Å². The van der Waals surface area contributed by atoms with E-state index in [2.05, 4.69) is 36.0 Å². The second kappa shape index (κ2) is 2.82. The summed E-state index contributed by atoms with van der Waals surface area (Å²) in [5.41, 5.74) is 0.292. The molecule has 1 N–H and O–H groups in total. The fourth-order valence-electron chi connectivity index (χ4n) is 1.42. The first kappa shape index (κ1) is 8.73. The van der Waals surface area contributed by atoms with Crippen molar-refractivity contribution in [2.24, 2.45) is 5.41 Å². The summed E-state index contributed by atoms with van der Waals surface area (Å²) in [4.78, 5) is 4.49. The molecule has 0 amide bonds. The van der Waals surface area contributed by atoms with E-state index in [1.165, 1.54) is 12.8 Å². The first-order valence-corrected chi connectivity index (χ1v) is 4.96. The van der Waals surface area contributed by atoms with Crippen molar-refractivity contribution in [1.82, 2.24) is 15.2 Å². The van der Waals surface area contributed by atoms with Gasteiger partial charge in [-0.25, -0.2) is 4.98 Å². The molecule has 1 aromatic rings. The van der Waals surface area contributed by atoms with Crippen molar-refractivity contribution in [3.8, 4) is 0 Å². The van der Waals surface area contributed by atoms with Gasteiger partial charge in [0.1, 0.15) is 5.82 Å². The summed E-state index contributed by atoms with van der Waals surface area (Å²) < 4.78 is 0. The molecule has 72 valence electrons. The average molecular weight is 179 g/mol. The highest BCUT2D eigenvalue weighted by atomic mass is 15.2. The quantitative estimate of drug-likeness (QED) is 0.756. The molecule has 3 heteroatoms. The highest BCUT2D eigenvalue weighted by molar-refractivity contribution is 5.05. The summed E-state index contributed by atoms with van der Waals surface area (Å²) in [7, 11) is 0. The lowest BCUT2D eigenvalue weighted by molar-refractivity contribution is 0.401. The summed E-state index contributed by atoms with van der Waals surface area (Å²) in [5.74, 6) is 2.72. The maximum atomic E-state index is 4.49. The molecule has 2 rings (SSSR count). The van der Waals surface area contributed by atoms with Gasteiger partial charge in [0.05, 0.1) is 0 Å². The number of aromatic amines is 1. The molecule has 0 aromatic carbocycles. The Morgan fingerprint density at radius 3 is 2.62 bits per heavy atom. The third-order valence-electron chi connectivity index (χ3n) is 2.19. The maximum Gasteiger partial charge on any atom is 0.153 e. The van der Waals surface area contributed by atoms with Gasteiger partial charge in [-0.15, -0.1) is 0 Å². The second-order valence-corrected chi connectivity index (χ2v) is 5.15. The molecule has 0 spiro atoms. The van der Waals surface area contributed by atoms with Crippen molar-refractivity contribution in [2.45, 2.75) is 46.0 Å². The van der Waals surface area contributed by atoms with E-state index in [1.807, 2.05) is 0 Å². The molecule has 0 saturated heterocycles. The van der Waals surface area contributed by atoms with E-state index < -0.39 is 0 Å². The normalized spacial score (nSPS) is 17.8. The number of H-pyrrole nitrogens is 1. The molecule has 13 heavy (non-hydrogen) atoms. The Hall–Kier alpha value is -0.860. The molecule has 0 aliphatic heterocycles. The third kappa shape index (κ3) is 2.29. The Kier molecular flexibility index (Phi) is 1.90. The van der Waals surface area contributed by atoms with Crippen molar-refractivity contribution < 1.29 is 0 Å². The minimum absolute atomic E-state index is 0.292. The highest BCUT2D eigenvalue weighted by Crippen LogP contribution is 2.37. The molecule has 1 heterocycles. The van der Waals surface area contributed by atoms with E-state index in [9.17, 15) is 0 Å². The minimum Gasteiger partial charge on any atom is -0.263 e. The Balaban J connectivity index is 2.04. The van der Waals surface area contributed by atoms with Crippen LogP contribution >= 0.6 is 0 Å². The van der Waals surface area contributed by atoms with Crippen LogP contribution in [-0.2, 0) is 6.42 Å². The Morgan fingerprint density at radius 1 is 1.38 bits per heavy atom. The van der Waals surface area contributed by atoms with Crippen LogP contribution < -0.4 is 0 Å². The lowest BCUT2D eigenvalue weighted by atomic mass is 9.92. The Labute approximate surface area is 79.0 Å². The summed E-state index contributed by atoms with van der Waals surface area (Å²) in [6.07, 6.45) is 3.52. The first-order chi connectivity index (χ1) is 6.04. The predicted molar refractivity (Wildman–Crippen MR) is 51.5 cm³/mol. The van der Waals surface area contributed by atoms with Gasteiger partial charge in [0, 0.05) is 12.3 Å². The lowest BCUT2D eigenvalue weighted by Gasteiger charge is -2.15. The van der Waals surface area contributed by atoms with Gasteiger partial charge in [-0.05, 0) is 18.3 Å². The Morgan fingerprint density at radius 2 is 2.08 bits per heavy atom. The third-order valence-corrected chi connectivity index (χ3v) is 2.19.